The highest BCUT2D eigenvalue weighted by Gasteiger charge is 2.10. The van der Waals surface area contributed by atoms with Crippen molar-refractivity contribution in [2.24, 2.45) is 0 Å². The first-order valence-corrected chi connectivity index (χ1v) is 9.05. The molecule has 2 rings (SSSR count). The number of hydrogen-bond acceptors (Lipinski definition) is 6. The minimum atomic E-state index is -3.17. The Morgan fingerprint density at radius 1 is 1.17 bits per heavy atom. The summed E-state index contributed by atoms with van der Waals surface area (Å²) in [5.74, 6) is 0.462. The van der Waals surface area contributed by atoms with Crippen molar-refractivity contribution < 1.29 is 8.42 Å². The lowest BCUT2D eigenvalue weighted by Crippen LogP contribution is -2.30. The third-order valence-corrected chi connectivity index (χ3v) is 4.75. The maximum absolute atomic E-state index is 11.3. The average molecular weight is 335 g/mol. The zero-order chi connectivity index (χ0) is 17.0. The van der Waals surface area contributed by atoms with Crippen LogP contribution in [0.2, 0.25) is 0 Å². The van der Waals surface area contributed by atoms with Crippen molar-refractivity contribution >= 4 is 16.0 Å². The van der Waals surface area contributed by atoms with Crippen LogP contribution in [0.1, 0.15) is 11.4 Å². The van der Waals surface area contributed by atoms with E-state index in [1.807, 2.05) is 32.0 Å². The molecule has 124 valence electrons. The number of nitrogens with one attached hydrogen (secondary N) is 1. The van der Waals surface area contributed by atoms with Crippen molar-refractivity contribution in [3.05, 3.63) is 35.8 Å². The van der Waals surface area contributed by atoms with E-state index in [0.29, 0.717) is 19.0 Å². The molecule has 0 saturated carbocycles. The van der Waals surface area contributed by atoms with Crippen molar-refractivity contribution in [3.8, 4) is 11.3 Å². The molecular weight excluding hydrogens is 314 g/mol. The second-order valence-corrected chi connectivity index (χ2v) is 7.45. The highest BCUT2D eigenvalue weighted by atomic mass is 32.2. The molecule has 0 aliphatic heterocycles. The number of aromatic nitrogens is 3. The van der Waals surface area contributed by atoms with Gasteiger partial charge >= 0.3 is 0 Å². The zero-order valence-electron chi connectivity index (χ0n) is 13.7. The number of rotatable bonds is 6. The van der Waals surface area contributed by atoms with Crippen LogP contribution in [0, 0.1) is 13.8 Å². The van der Waals surface area contributed by atoms with E-state index >= 15 is 0 Å². The molecule has 0 fully saturated rings. The Kier molecular flexibility index (Phi) is 5.27. The maximum Gasteiger partial charge on any atom is 0.223 e. The largest absolute Gasteiger partial charge is 0.353 e. The van der Waals surface area contributed by atoms with Gasteiger partial charge in [0.25, 0.3) is 0 Å². The lowest BCUT2D eigenvalue weighted by molar-refractivity contribution is 0.486. The number of sulfonamides is 1. The van der Waals surface area contributed by atoms with Gasteiger partial charge in [-0.25, -0.2) is 22.7 Å². The van der Waals surface area contributed by atoms with E-state index in [1.165, 1.54) is 17.6 Å². The van der Waals surface area contributed by atoms with Crippen LogP contribution in [0.4, 0.5) is 5.95 Å². The van der Waals surface area contributed by atoms with Crippen LogP contribution in [0.15, 0.2) is 24.4 Å². The Labute approximate surface area is 136 Å². The summed E-state index contributed by atoms with van der Waals surface area (Å²) in [4.78, 5) is 13.1. The summed E-state index contributed by atoms with van der Waals surface area (Å²) in [6.45, 7) is 4.66. The Morgan fingerprint density at radius 2 is 1.91 bits per heavy atom. The van der Waals surface area contributed by atoms with Gasteiger partial charge in [-0.1, -0.05) is 0 Å². The Morgan fingerprint density at radius 3 is 2.57 bits per heavy atom. The van der Waals surface area contributed by atoms with E-state index in [9.17, 15) is 8.42 Å². The molecule has 2 aromatic heterocycles. The monoisotopic (exact) mass is 335 g/mol. The molecule has 0 amide bonds. The molecule has 0 aliphatic carbocycles. The smallest absolute Gasteiger partial charge is 0.223 e. The second kappa shape index (κ2) is 7.01. The first kappa shape index (κ1) is 17.3. The molecular formula is C15H21N5O2S. The van der Waals surface area contributed by atoms with E-state index in [4.69, 9.17) is 0 Å². The van der Waals surface area contributed by atoms with Crippen molar-refractivity contribution in [3.63, 3.8) is 0 Å². The summed E-state index contributed by atoms with van der Waals surface area (Å²) in [5.41, 5.74) is 3.60. The van der Waals surface area contributed by atoms with E-state index in [2.05, 4.69) is 20.3 Å². The predicted molar refractivity (Wildman–Crippen MR) is 90.7 cm³/mol. The molecule has 0 aliphatic rings. The van der Waals surface area contributed by atoms with Gasteiger partial charge in [0.1, 0.15) is 0 Å². The molecule has 0 aromatic carbocycles. The molecule has 0 radical (unpaired) electrons. The van der Waals surface area contributed by atoms with Gasteiger partial charge in [0.05, 0.1) is 11.9 Å². The molecule has 7 nitrogen and oxygen atoms in total. The van der Waals surface area contributed by atoms with Crippen molar-refractivity contribution in [2.75, 3.05) is 31.7 Å². The second-order valence-electron chi connectivity index (χ2n) is 5.36. The van der Waals surface area contributed by atoms with E-state index in [1.54, 1.807) is 6.20 Å². The molecule has 1 N–H and O–H groups in total. The Hall–Kier alpha value is -2.06. The zero-order valence-corrected chi connectivity index (χ0v) is 14.6. The van der Waals surface area contributed by atoms with Gasteiger partial charge in [0.15, 0.2) is 0 Å². The molecule has 0 unspecified atom stereocenters. The van der Waals surface area contributed by atoms with Crippen molar-refractivity contribution in [2.45, 2.75) is 13.8 Å². The summed E-state index contributed by atoms with van der Waals surface area (Å²) < 4.78 is 24.0. The number of pyridine rings is 1. The summed E-state index contributed by atoms with van der Waals surface area (Å²) in [6, 6.07) is 5.76. The molecule has 0 atom stereocenters. The van der Waals surface area contributed by atoms with Gasteiger partial charge in [-0.05, 0) is 32.0 Å². The molecule has 0 spiro atoms. The van der Waals surface area contributed by atoms with Gasteiger partial charge < -0.3 is 5.32 Å². The molecule has 2 aromatic rings. The number of hydrogen-bond donors (Lipinski definition) is 1. The highest BCUT2D eigenvalue weighted by Crippen LogP contribution is 2.20. The van der Waals surface area contributed by atoms with Crippen molar-refractivity contribution in [1.29, 1.82) is 0 Å². The quantitative estimate of drug-likeness (QED) is 0.860. The summed E-state index contributed by atoms with van der Waals surface area (Å²) >= 11 is 0. The molecule has 0 saturated heterocycles. The fraction of sp³-hybridized carbons (Fsp3) is 0.400. The summed E-state index contributed by atoms with van der Waals surface area (Å²) in [5, 5.41) is 3.04. The minimum absolute atomic E-state index is 0.345. The van der Waals surface area contributed by atoms with Crippen LogP contribution >= 0.6 is 0 Å². The molecule has 2 heterocycles. The summed E-state index contributed by atoms with van der Waals surface area (Å²) in [6.07, 6.45) is 2.85. The maximum atomic E-state index is 11.3. The molecule has 8 heteroatoms. The van der Waals surface area contributed by atoms with Crippen LogP contribution in [0.3, 0.4) is 0 Å². The van der Waals surface area contributed by atoms with Gasteiger partial charge in [0.2, 0.25) is 16.0 Å². The fourth-order valence-corrected chi connectivity index (χ4v) is 2.47. The Bertz CT molecular complexity index is 792. The third-order valence-electron chi connectivity index (χ3n) is 3.43. The predicted octanol–water partition coefficient (Wildman–Crippen LogP) is 1.46. The van der Waals surface area contributed by atoms with E-state index in [-0.39, 0.29) is 0 Å². The lowest BCUT2D eigenvalue weighted by atomic mass is 10.1. The van der Waals surface area contributed by atoms with Crippen LogP contribution in [-0.4, -0.2) is 54.1 Å². The first-order chi connectivity index (χ1) is 10.8. The first-order valence-electron chi connectivity index (χ1n) is 7.20. The number of likely N-dealkylation sites (N-methyl/N-ethyl adjacent to an activating group) is 1. The highest BCUT2D eigenvalue weighted by molar-refractivity contribution is 7.88. The van der Waals surface area contributed by atoms with Gasteiger partial charge in [-0.3, -0.25) is 4.98 Å². The van der Waals surface area contributed by atoms with Crippen LogP contribution < -0.4 is 5.32 Å². The number of aryl methyl sites for hydroxylation is 2. The normalized spacial score (nSPS) is 11.7. The van der Waals surface area contributed by atoms with E-state index < -0.39 is 10.0 Å². The van der Waals surface area contributed by atoms with E-state index in [0.717, 1.165) is 22.6 Å². The third kappa shape index (κ3) is 4.70. The topological polar surface area (TPSA) is 88.1 Å². The van der Waals surface area contributed by atoms with Crippen LogP contribution in [-0.2, 0) is 10.0 Å². The minimum Gasteiger partial charge on any atom is -0.353 e. The SMILES string of the molecule is Cc1ccc(-c2ccnc(NCCN(C)S(C)(=O)=O)n2)c(C)n1. The van der Waals surface area contributed by atoms with Crippen LogP contribution in [0.5, 0.6) is 0 Å². The number of nitrogens with zero attached hydrogens (tertiary/aromatic N) is 4. The van der Waals surface area contributed by atoms with Gasteiger partial charge in [0, 0.05) is 43.3 Å². The summed E-state index contributed by atoms with van der Waals surface area (Å²) in [7, 11) is -1.64. The number of anilines is 1. The standard InChI is InChI=1S/C15H21N5O2S/c1-11-5-6-13(12(2)18-11)14-7-8-16-15(19-14)17-9-10-20(3)23(4,21)22/h5-8H,9-10H2,1-4H3,(H,16,17,19). The van der Waals surface area contributed by atoms with Gasteiger partial charge in [-0.2, -0.15) is 0 Å². The fourth-order valence-electron chi connectivity index (χ4n) is 2.04. The lowest BCUT2D eigenvalue weighted by Gasteiger charge is -2.14. The van der Waals surface area contributed by atoms with Crippen LogP contribution in [0.25, 0.3) is 11.3 Å². The van der Waals surface area contributed by atoms with Crippen molar-refractivity contribution in [1.82, 2.24) is 19.3 Å². The molecule has 0 bridgehead atoms. The van der Waals surface area contributed by atoms with Gasteiger partial charge in [-0.15, -0.1) is 0 Å². The Balaban J connectivity index is 2.08. The molecule has 23 heavy (non-hydrogen) atoms. The average Bonchev–Trinajstić information content (AvgIpc) is 2.46.